The lowest BCUT2D eigenvalue weighted by molar-refractivity contribution is 0.526. The van der Waals surface area contributed by atoms with Gasteiger partial charge < -0.3 is 10.3 Å². The van der Waals surface area contributed by atoms with Crippen LogP contribution in [0.4, 0.5) is 0 Å². The zero-order chi connectivity index (χ0) is 7.28. The highest BCUT2D eigenvalue weighted by Crippen LogP contribution is 1.95. The number of alkyl halides is 1. The largest absolute Gasteiger partial charge is 0.437 e. The SMILES string of the molecule is CC[C@H](CI)NB(C)O. The smallest absolute Gasteiger partial charge is 0.373 e. The Balaban J connectivity index is 3.31. The summed E-state index contributed by atoms with van der Waals surface area (Å²) in [5.74, 6) is 0. The van der Waals surface area contributed by atoms with E-state index in [2.05, 4.69) is 34.7 Å². The molecule has 0 aliphatic heterocycles. The number of rotatable bonds is 4. The van der Waals surface area contributed by atoms with E-state index < -0.39 is 0 Å². The van der Waals surface area contributed by atoms with Crippen LogP contribution in [0.1, 0.15) is 13.3 Å². The van der Waals surface area contributed by atoms with Crippen LogP contribution in [-0.4, -0.2) is 22.5 Å². The second-order valence-corrected chi connectivity index (χ2v) is 2.98. The van der Waals surface area contributed by atoms with Gasteiger partial charge in [0, 0.05) is 10.5 Å². The van der Waals surface area contributed by atoms with E-state index in [4.69, 9.17) is 5.02 Å². The lowest BCUT2D eigenvalue weighted by Gasteiger charge is -2.13. The monoisotopic (exact) mass is 241 g/mol. The predicted octanol–water partition coefficient (Wildman–Crippen LogP) is 0.900. The quantitative estimate of drug-likeness (QED) is 0.435. The van der Waals surface area contributed by atoms with E-state index >= 15 is 0 Å². The minimum Gasteiger partial charge on any atom is -0.437 e. The maximum atomic E-state index is 8.87. The maximum Gasteiger partial charge on any atom is 0.373 e. The highest BCUT2D eigenvalue weighted by atomic mass is 127. The van der Waals surface area contributed by atoms with E-state index in [1.54, 1.807) is 6.82 Å². The van der Waals surface area contributed by atoms with Gasteiger partial charge in [0.1, 0.15) is 0 Å². The van der Waals surface area contributed by atoms with Crippen molar-refractivity contribution in [1.82, 2.24) is 5.23 Å². The molecule has 0 saturated heterocycles. The first-order valence-corrected chi connectivity index (χ1v) is 4.73. The van der Waals surface area contributed by atoms with Crippen LogP contribution in [0, 0.1) is 0 Å². The second kappa shape index (κ2) is 5.50. The first-order chi connectivity index (χ1) is 4.20. The van der Waals surface area contributed by atoms with Gasteiger partial charge >= 0.3 is 7.05 Å². The van der Waals surface area contributed by atoms with Gasteiger partial charge in [-0.05, 0) is 13.2 Å². The van der Waals surface area contributed by atoms with Gasteiger partial charge in [-0.1, -0.05) is 29.5 Å². The van der Waals surface area contributed by atoms with Crippen LogP contribution >= 0.6 is 22.6 Å². The van der Waals surface area contributed by atoms with Crippen molar-refractivity contribution in [2.75, 3.05) is 4.43 Å². The van der Waals surface area contributed by atoms with Crippen molar-refractivity contribution in [1.29, 1.82) is 0 Å². The molecule has 0 aromatic heterocycles. The third-order valence-electron chi connectivity index (χ3n) is 1.16. The third-order valence-corrected chi connectivity index (χ3v) is 2.22. The fraction of sp³-hybridized carbons (Fsp3) is 1.00. The Morgan fingerprint density at radius 3 is 2.44 bits per heavy atom. The normalized spacial score (nSPS) is 13.3. The van der Waals surface area contributed by atoms with Gasteiger partial charge in [-0.15, -0.1) is 0 Å². The molecule has 0 spiro atoms. The van der Waals surface area contributed by atoms with Crippen molar-refractivity contribution in [3.63, 3.8) is 0 Å². The Labute approximate surface area is 70.7 Å². The molecule has 0 aliphatic rings. The number of hydrogen-bond donors (Lipinski definition) is 2. The minimum atomic E-state index is -0.371. The van der Waals surface area contributed by atoms with Crippen LogP contribution in [0.5, 0.6) is 0 Å². The number of hydrogen-bond acceptors (Lipinski definition) is 2. The summed E-state index contributed by atoms with van der Waals surface area (Å²) in [6.45, 7) is 3.85. The Morgan fingerprint density at radius 2 is 2.33 bits per heavy atom. The van der Waals surface area contributed by atoms with E-state index in [9.17, 15) is 0 Å². The molecule has 0 heterocycles. The molecule has 2 N–H and O–H groups in total. The lowest BCUT2D eigenvalue weighted by Crippen LogP contribution is -2.40. The molecule has 0 aromatic carbocycles. The van der Waals surface area contributed by atoms with Crippen LogP contribution in [-0.2, 0) is 0 Å². The molecule has 2 nitrogen and oxygen atoms in total. The number of halogens is 1. The zero-order valence-corrected chi connectivity index (χ0v) is 8.05. The van der Waals surface area contributed by atoms with Gasteiger partial charge in [0.25, 0.3) is 0 Å². The average molecular weight is 241 g/mol. The highest BCUT2D eigenvalue weighted by Gasteiger charge is 2.08. The van der Waals surface area contributed by atoms with Gasteiger partial charge in [-0.25, -0.2) is 0 Å². The Kier molecular flexibility index (Phi) is 5.93. The Bertz CT molecular complexity index is 68.0. The summed E-state index contributed by atoms with van der Waals surface area (Å²) in [7, 11) is -0.371. The molecule has 0 radical (unpaired) electrons. The van der Waals surface area contributed by atoms with E-state index in [1.165, 1.54) is 0 Å². The van der Waals surface area contributed by atoms with Crippen molar-refractivity contribution in [3.8, 4) is 0 Å². The molecule has 0 fully saturated rings. The van der Waals surface area contributed by atoms with E-state index in [0.717, 1.165) is 10.8 Å². The summed E-state index contributed by atoms with van der Waals surface area (Å²) in [6.07, 6.45) is 1.08. The van der Waals surface area contributed by atoms with Crippen molar-refractivity contribution in [2.45, 2.75) is 26.2 Å². The molecule has 0 rings (SSSR count). The fourth-order valence-corrected chi connectivity index (χ4v) is 1.49. The Morgan fingerprint density at radius 1 is 1.78 bits per heavy atom. The molecule has 0 aromatic rings. The molecule has 4 heteroatoms. The van der Waals surface area contributed by atoms with Gasteiger partial charge in [-0.3, -0.25) is 0 Å². The van der Waals surface area contributed by atoms with E-state index in [-0.39, 0.29) is 7.05 Å². The summed E-state index contributed by atoms with van der Waals surface area (Å²) >= 11 is 2.31. The van der Waals surface area contributed by atoms with Crippen molar-refractivity contribution >= 4 is 29.6 Å². The highest BCUT2D eigenvalue weighted by molar-refractivity contribution is 14.1. The molecule has 0 saturated carbocycles. The topological polar surface area (TPSA) is 32.3 Å². The molecular weight excluding hydrogens is 228 g/mol. The zero-order valence-electron chi connectivity index (χ0n) is 5.89. The van der Waals surface area contributed by atoms with Crippen LogP contribution in [0.2, 0.25) is 6.82 Å². The van der Waals surface area contributed by atoms with Gasteiger partial charge in [0.05, 0.1) is 0 Å². The summed E-state index contributed by atoms with van der Waals surface area (Å²) in [4.78, 5) is 0. The Hall–Kier alpha value is 0.715. The van der Waals surface area contributed by atoms with E-state index in [0.29, 0.717) is 6.04 Å². The molecule has 0 bridgehead atoms. The summed E-state index contributed by atoms with van der Waals surface area (Å²) in [5, 5.41) is 11.9. The minimum absolute atomic E-state index is 0.371. The van der Waals surface area contributed by atoms with Crippen molar-refractivity contribution in [2.24, 2.45) is 0 Å². The molecule has 0 amide bonds. The van der Waals surface area contributed by atoms with Crippen LogP contribution in [0.25, 0.3) is 0 Å². The second-order valence-electron chi connectivity index (χ2n) is 2.10. The van der Waals surface area contributed by atoms with Crippen LogP contribution in [0.3, 0.4) is 0 Å². The first kappa shape index (κ1) is 9.71. The third kappa shape index (κ3) is 5.17. The summed E-state index contributed by atoms with van der Waals surface area (Å²) in [5.41, 5.74) is 0. The molecule has 0 unspecified atom stereocenters. The van der Waals surface area contributed by atoms with Crippen LogP contribution < -0.4 is 5.23 Å². The lowest BCUT2D eigenvalue weighted by atomic mass is 9.87. The molecule has 54 valence electrons. The first-order valence-electron chi connectivity index (χ1n) is 3.20. The van der Waals surface area contributed by atoms with Crippen molar-refractivity contribution in [3.05, 3.63) is 0 Å². The van der Waals surface area contributed by atoms with Gasteiger partial charge in [0.2, 0.25) is 0 Å². The van der Waals surface area contributed by atoms with Gasteiger partial charge in [-0.2, -0.15) is 0 Å². The maximum absolute atomic E-state index is 8.87. The van der Waals surface area contributed by atoms with Gasteiger partial charge in [0.15, 0.2) is 0 Å². The fourth-order valence-electron chi connectivity index (χ4n) is 0.613. The molecule has 9 heavy (non-hydrogen) atoms. The predicted molar refractivity (Wildman–Crippen MR) is 49.9 cm³/mol. The molecule has 1 atom stereocenters. The standard InChI is InChI=1S/C5H13BINO/c1-3-5(4-7)8-6(2)9/h5,8-9H,3-4H2,1-2H3/t5-/m1/s1. The summed E-state index contributed by atoms with van der Waals surface area (Å²) in [6, 6.07) is 0.464. The number of nitrogens with one attached hydrogen (secondary N) is 1. The van der Waals surface area contributed by atoms with E-state index in [1.807, 2.05) is 0 Å². The van der Waals surface area contributed by atoms with Crippen LogP contribution in [0.15, 0.2) is 0 Å². The molecule has 0 aliphatic carbocycles. The molecular formula is C5H13BINO. The van der Waals surface area contributed by atoms with Crippen molar-refractivity contribution < 1.29 is 5.02 Å². The summed E-state index contributed by atoms with van der Waals surface area (Å²) < 4.78 is 1.05. The average Bonchev–Trinajstić information content (AvgIpc) is 1.82.